The smallest absolute Gasteiger partial charge is 0.328 e. The van der Waals surface area contributed by atoms with Gasteiger partial charge in [0.1, 0.15) is 24.2 Å². The highest BCUT2D eigenvalue weighted by Gasteiger charge is 2.34. The molecule has 0 aliphatic rings. The van der Waals surface area contributed by atoms with Crippen LogP contribution in [0.15, 0.2) is 0 Å². The normalized spacial score (nSPS) is 17.6. The van der Waals surface area contributed by atoms with Crippen LogP contribution in [0.25, 0.3) is 0 Å². The van der Waals surface area contributed by atoms with Gasteiger partial charge in [0.05, 0.1) is 18.8 Å². The molecule has 0 heterocycles. The van der Waals surface area contributed by atoms with E-state index in [0.29, 0.717) is 0 Å². The SMILES string of the molecule is CC(C)C(NC(=O)C(N)C(C)O)C(=O)NC(C(=O)NC(CO)C(=O)O)C(C)O. The Morgan fingerprint density at radius 2 is 1.29 bits per heavy atom. The van der Waals surface area contributed by atoms with Crippen LogP contribution in [0.4, 0.5) is 0 Å². The summed E-state index contributed by atoms with van der Waals surface area (Å²) in [6.07, 6.45) is -2.56. The van der Waals surface area contributed by atoms with Gasteiger partial charge < -0.3 is 42.1 Å². The van der Waals surface area contributed by atoms with Gasteiger partial charge in [0, 0.05) is 0 Å². The summed E-state index contributed by atoms with van der Waals surface area (Å²) >= 11 is 0. The fourth-order valence-electron chi connectivity index (χ4n) is 2.10. The number of hydrogen-bond donors (Lipinski definition) is 8. The monoisotopic (exact) mass is 406 g/mol. The van der Waals surface area contributed by atoms with Gasteiger partial charge in [-0.2, -0.15) is 0 Å². The van der Waals surface area contributed by atoms with Crippen molar-refractivity contribution >= 4 is 23.7 Å². The minimum Gasteiger partial charge on any atom is -0.480 e. The standard InChI is InChI=1S/C16H30N4O8/c1-6(2)11(19-13(24)10(17)7(3)22)14(25)20-12(8(4)23)15(26)18-9(5-21)16(27)28/h6-12,21-23H,5,17H2,1-4H3,(H,18,26)(H,19,24)(H,20,25)(H,27,28). The molecule has 0 aliphatic heterocycles. The lowest BCUT2D eigenvalue weighted by atomic mass is 10.0. The van der Waals surface area contributed by atoms with Crippen molar-refractivity contribution in [3.8, 4) is 0 Å². The zero-order valence-electron chi connectivity index (χ0n) is 16.2. The van der Waals surface area contributed by atoms with E-state index >= 15 is 0 Å². The molecular formula is C16H30N4O8. The molecule has 0 aromatic rings. The van der Waals surface area contributed by atoms with E-state index in [0.717, 1.165) is 0 Å². The van der Waals surface area contributed by atoms with Crippen molar-refractivity contribution in [1.29, 1.82) is 0 Å². The highest BCUT2D eigenvalue weighted by molar-refractivity contribution is 5.94. The van der Waals surface area contributed by atoms with Crippen LogP contribution in [0, 0.1) is 5.92 Å². The number of carbonyl (C=O) groups is 4. The first-order valence-corrected chi connectivity index (χ1v) is 8.69. The number of nitrogens with two attached hydrogens (primary N) is 1. The van der Waals surface area contributed by atoms with Gasteiger partial charge in [-0.15, -0.1) is 0 Å². The second-order valence-corrected chi connectivity index (χ2v) is 6.81. The number of hydrogen-bond acceptors (Lipinski definition) is 8. The summed E-state index contributed by atoms with van der Waals surface area (Å²) in [6.45, 7) is 4.85. The van der Waals surface area contributed by atoms with E-state index < -0.39 is 72.6 Å². The molecule has 12 heteroatoms. The molecule has 162 valence electrons. The third-order valence-electron chi connectivity index (χ3n) is 3.93. The van der Waals surface area contributed by atoms with Gasteiger partial charge in [-0.25, -0.2) is 4.79 Å². The molecule has 0 aliphatic carbocycles. The highest BCUT2D eigenvalue weighted by Crippen LogP contribution is 2.05. The van der Waals surface area contributed by atoms with Gasteiger partial charge in [-0.05, 0) is 19.8 Å². The first kappa shape index (κ1) is 25.7. The summed E-state index contributed by atoms with van der Waals surface area (Å²) in [7, 11) is 0. The maximum atomic E-state index is 12.5. The molecule has 0 aromatic carbocycles. The van der Waals surface area contributed by atoms with Gasteiger partial charge in [-0.1, -0.05) is 13.8 Å². The Labute approximate surface area is 162 Å². The fraction of sp³-hybridized carbons (Fsp3) is 0.750. The zero-order chi connectivity index (χ0) is 22.2. The third kappa shape index (κ3) is 7.76. The molecule has 0 aromatic heterocycles. The number of aliphatic hydroxyl groups excluding tert-OH is 3. The van der Waals surface area contributed by atoms with Crippen molar-refractivity contribution in [2.24, 2.45) is 11.7 Å². The second kappa shape index (κ2) is 11.5. The Kier molecular flexibility index (Phi) is 10.6. The van der Waals surface area contributed by atoms with Crippen LogP contribution in [0.2, 0.25) is 0 Å². The van der Waals surface area contributed by atoms with Crippen LogP contribution >= 0.6 is 0 Å². The molecule has 6 atom stereocenters. The van der Waals surface area contributed by atoms with Crippen LogP contribution in [-0.2, 0) is 19.2 Å². The Bertz CT molecular complexity index is 567. The zero-order valence-corrected chi connectivity index (χ0v) is 16.2. The molecule has 0 saturated carbocycles. The van der Waals surface area contributed by atoms with Crippen LogP contribution in [0.5, 0.6) is 0 Å². The average molecular weight is 406 g/mol. The maximum Gasteiger partial charge on any atom is 0.328 e. The van der Waals surface area contributed by atoms with Gasteiger partial charge in [0.15, 0.2) is 0 Å². The molecule has 6 unspecified atom stereocenters. The van der Waals surface area contributed by atoms with E-state index in [-0.39, 0.29) is 0 Å². The molecule has 9 N–H and O–H groups in total. The Balaban J connectivity index is 5.29. The molecule has 0 rings (SSSR count). The summed E-state index contributed by atoms with van der Waals surface area (Å²) in [6, 6.07) is -5.56. The largest absolute Gasteiger partial charge is 0.480 e. The lowest BCUT2D eigenvalue weighted by Gasteiger charge is -2.28. The van der Waals surface area contributed by atoms with Gasteiger partial charge in [0.2, 0.25) is 17.7 Å². The predicted molar refractivity (Wildman–Crippen MR) is 96.7 cm³/mol. The summed E-state index contributed by atoms with van der Waals surface area (Å²) < 4.78 is 0. The van der Waals surface area contributed by atoms with Crippen molar-refractivity contribution in [2.75, 3.05) is 6.61 Å². The molecule has 28 heavy (non-hydrogen) atoms. The van der Waals surface area contributed by atoms with Crippen molar-refractivity contribution in [1.82, 2.24) is 16.0 Å². The number of carboxylic acid groups (broad SMARTS) is 1. The third-order valence-corrected chi connectivity index (χ3v) is 3.93. The van der Waals surface area contributed by atoms with E-state index in [1.54, 1.807) is 13.8 Å². The number of aliphatic hydroxyl groups is 3. The van der Waals surface area contributed by atoms with E-state index in [1.807, 2.05) is 5.32 Å². The van der Waals surface area contributed by atoms with E-state index in [2.05, 4.69) is 10.6 Å². The molecule has 0 saturated heterocycles. The molecule has 12 nitrogen and oxygen atoms in total. The van der Waals surface area contributed by atoms with Crippen LogP contribution < -0.4 is 21.7 Å². The molecule has 0 spiro atoms. The Morgan fingerprint density at radius 1 is 0.821 bits per heavy atom. The summed E-state index contributed by atoms with van der Waals surface area (Å²) in [4.78, 5) is 47.7. The number of rotatable bonds is 11. The van der Waals surface area contributed by atoms with E-state index in [4.69, 9.17) is 15.9 Å². The quantitative estimate of drug-likeness (QED) is 0.169. The summed E-state index contributed by atoms with van der Waals surface area (Å²) in [5, 5.41) is 43.6. The number of aliphatic carboxylic acids is 1. The predicted octanol–water partition coefficient (Wildman–Crippen LogP) is -3.74. The van der Waals surface area contributed by atoms with Crippen LogP contribution in [-0.4, -0.2) is 87.1 Å². The summed E-state index contributed by atoms with van der Waals surface area (Å²) in [5.41, 5.74) is 5.53. The van der Waals surface area contributed by atoms with Gasteiger partial charge >= 0.3 is 5.97 Å². The lowest BCUT2D eigenvalue weighted by Crippen LogP contribution is -2.61. The summed E-state index contributed by atoms with van der Waals surface area (Å²) in [5.74, 6) is -4.57. The van der Waals surface area contributed by atoms with Crippen LogP contribution in [0.3, 0.4) is 0 Å². The first-order chi connectivity index (χ1) is 12.8. The van der Waals surface area contributed by atoms with Gasteiger partial charge in [-0.3, -0.25) is 14.4 Å². The number of carbonyl (C=O) groups excluding carboxylic acids is 3. The van der Waals surface area contributed by atoms with Gasteiger partial charge in [0.25, 0.3) is 0 Å². The molecule has 0 radical (unpaired) electrons. The average Bonchev–Trinajstić information content (AvgIpc) is 2.59. The van der Waals surface area contributed by atoms with Crippen molar-refractivity contribution in [3.05, 3.63) is 0 Å². The number of carboxylic acids is 1. The van der Waals surface area contributed by atoms with E-state index in [1.165, 1.54) is 13.8 Å². The highest BCUT2D eigenvalue weighted by atomic mass is 16.4. The fourth-order valence-corrected chi connectivity index (χ4v) is 2.10. The minimum atomic E-state index is -1.62. The van der Waals surface area contributed by atoms with Crippen molar-refractivity contribution < 1.29 is 39.6 Å². The lowest BCUT2D eigenvalue weighted by molar-refractivity contribution is -0.144. The molecular weight excluding hydrogens is 376 g/mol. The van der Waals surface area contributed by atoms with Crippen molar-refractivity contribution in [2.45, 2.75) is 64.1 Å². The van der Waals surface area contributed by atoms with Crippen molar-refractivity contribution in [3.63, 3.8) is 0 Å². The van der Waals surface area contributed by atoms with E-state index in [9.17, 15) is 29.4 Å². The second-order valence-electron chi connectivity index (χ2n) is 6.81. The van der Waals surface area contributed by atoms with Crippen LogP contribution in [0.1, 0.15) is 27.7 Å². The molecule has 0 bridgehead atoms. The minimum absolute atomic E-state index is 0.438. The Morgan fingerprint density at radius 3 is 1.64 bits per heavy atom. The molecule has 3 amide bonds. The maximum absolute atomic E-state index is 12.5. The topological polar surface area (TPSA) is 211 Å². The first-order valence-electron chi connectivity index (χ1n) is 8.69. The Hall–Kier alpha value is -2.28. The molecule has 0 fully saturated rings. The number of amides is 3. The number of nitrogens with one attached hydrogen (secondary N) is 3.